The Balaban J connectivity index is 1.78. The minimum Gasteiger partial charge on any atom is -0.338 e. The second-order valence-corrected chi connectivity index (χ2v) is 7.46. The minimum absolute atomic E-state index is 0.0439. The van der Waals surface area contributed by atoms with Gasteiger partial charge < -0.3 is 15.5 Å². The zero-order valence-corrected chi connectivity index (χ0v) is 14.6. The third-order valence-corrected chi connectivity index (χ3v) is 3.99. The van der Waals surface area contributed by atoms with Gasteiger partial charge in [-0.2, -0.15) is 0 Å². The van der Waals surface area contributed by atoms with Crippen LogP contribution >= 0.6 is 0 Å². The molecule has 0 unspecified atom stereocenters. The molecular weight excluding hydrogens is 309 g/mol. The fourth-order valence-electron chi connectivity index (χ4n) is 2.58. The predicted molar refractivity (Wildman–Crippen MR) is 91.3 cm³/mol. The van der Waals surface area contributed by atoms with Gasteiger partial charge in [0.2, 0.25) is 0 Å². The molecule has 24 heavy (non-hydrogen) atoms. The molecule has 0 aliphatic carbocycles. The highest BCUT2D eigenvalue weighted by atomic mass is 19.1. The van der Waals surface area contributed by atoms with E-state index in [1.807, 2.05) is 0 Å². The first-order chi connectivity index (χ1) is 11.2. The van der Waals surface area contributed by atoms with Crippen LogP contribution in [0.25, 0.3) is 0 Å². The van der Waals surface area contributed by atoms with E-state index in [0.717, 1.165) is 12.8 Å². The van der Waals surface area contributed by atoms with E-state index in [9.17, 15) is 14.0 Å². The topological polar surface area (TPSA) is 61.4 Å². The van der Waals surface area contributed by atoms with Gasteiger partial charge in [0.05, 0.1) is 0 Å². The second-order valence-electron chi connectivity index (χ2n) is 7.46. The average molecular weight is 335 g/mol. The van der Waals surface area contributed by atoms with Crippen LogP contribution in [0.4, 0.5) is 9.18 Å². The van der Waals surface area contributed by atoms with Crippen molar-refractivity contribution in [1.29, 1.82) is 0 Å². The number of hydrogen-bond acceptors (Lipinski definition) is 2. The first-order valence-corrected chi connectivity index (χ1v) is 8.34. The van der Waals surface area contributed by atoms with E-state index >= 15 is 0 Å². The standard InChI is InChI=1S/C18H26FN3O2/c1-18(2,3)12-20-17(24)21-15-8-10-22(11-9-15)16(23)13-4-6-14(19)7-5-13/h4-7,15H,8-12H2,1-3H3,(H2,20,21,24). The summed E-state index contributed by atoms with van der Waals surface area (Å²) in [6.45, 7) is 7.97. The molecule has 0 bridgehead atoms. The number of rotatable bonds is 3. The largest absolute Gasteiger partial charge is 0.338 e. The van der Waals surface area contributed by atoms with Crippen LogP contribution in [0.15, 0.2) is 24.3 Å². The first-order valence-electron chi connectivity index (χ1n) is 8.34. The van der Waals surface area contributed by atoms with Crippen LogP contribution in [-0.2, 0) is 0 Å². The number of halogens is 1. The molecule has 1 heterocycles. The number of carbonyl (C=O) groups is 2. The van der Waals surface area contributed by atoms with Crippen LogP contribution in [0.3, 0.4) is 0 Å². The van der Waals surface area contributed by atoms with Crippen molar-refractivity contribution in [3.8, 4) is 0 Å². The van der Waals surface area contributed by atoms with Crippen molar-refractivity contribution in [1.82, 2.24) is 15.5 Å². The van der Waals surface area contributed by atoms with Crippen LogP contribution in [0, 0.1) is 11.2 Å². The fraction of sp³-hybridized carbons (Fsp3) is 0.556. The molecule has 6 heteroatoms. The van der Waals surface area contributed by atoms with E-state index in [2.05, 4.69) is 31.4 Å². The predicted octanol–water partition coefficient (Wildman–Crippen LogP) is 2.78. The van der Waals surface area contributed by atoms with Crippen molar-refractivity contribution in [3.05, 3.63) is 35.6 Å². The van der Waals surface area contributed by atoms with Crippen molar-refractivity contribution < 1.29 is 14.0 Å². The highest BCUT2D eigenvalue weighted by molar-refractivity contribution is 5.94. The van der Waals surface area contributed by atoms with E-state index in [-0.39, 0.29) is 29.2 Å². The molecule has 0 radical (unpaired) electrons. The Hall–Kier alpha value is -2.11. The number of hydrogen-bond donors (Lipinski definition) is 2. The Bertz CT molecular complexity index is 573. The zero-order chi connectivity index (χ0) is 17.7. The molecule has 0 atom stereocenters. The summed E-state index contributed by atoms with van der Waals surface area (Å²) >= 11 is 0. The lowest BCUT2D eigenvalue weighted by Gasteiger charge is -2.32. The van der Waals surface area contributed by atoms with E-state index in [1.54, 1.807) is 4.90 Å². The molecule has 132 valence electrons. The van der Waals surface area contributed by atoms with Gasteiger partial charge in [0.25, 0.3) is 5.91 Å². The molecular formula is C18H26FN3O2. The SMILES string of the molecule is CC(C)(C)CNC(=O)NC1CCN(C(=O)c2ccc(F)cc2)CC1. The maximum absolute atomic E-state index is 12.9. The van der Waals surface area contributed by atoms with Gasteiger partial charge in [0, 0.05) is 31.2 Å². The van der Waals surface area contributed by atoms with Crippen LogP contribution in [0.1, 0.15) is 44.0 Å². The Morgan fingerprint density at radius 2 is 1.75 bits per heavy atom. The van der Waals surface area contributed by atoms with Crippen molar-refractivity contribution in [3.63, 3.8) is 0 Å². The van der Waals surface area contributed by atoms with E-state index < -0.39 is 0 Å². The number of piperidine rings is 1. The van der Waals surface area contributed by atoms with Crippen molar-refractivity contribution in [2.45, 2.75) is 39.7 Å². The van der Waals surface area contributed by atoms with Crippen LogP contribution in [0.2, 0.25) is 0 Å². The monoisotopic (exact) mass is 335 g/mol. The molecule has 1 saturated heterocycles. The molecule has 1 aromatic carbocycles. The van der Waals surface area contributed by atoms with E-state index in [0.29, 0.717) is 25.2 Å². The lowest BCUT2D eigenvalue weighted by atomic mass is 9.97. The lowest BCUT2D eigenvalue weighted by Crippen LogP contribution is -2.50. The van der Waals surface area contributed by atoms with E-state index in [4.69, 9.17) is 0 Å². The summed E-state index contributed by atoms with van der Waals surface area (Å²) in [5, 5.41) is 5.83. The maximum Gasteiger partial charge on any atom is 0.315 e. The molecule has 5 nitrogen and oxygen atoms in total. The Labute approximate surface area is 142 Å². The number of likely N-dealkylation sites (tertiary alicyclic amines) is 1. The third kappa shape index (κ3) is 5.51. The van der Waals surface area contributed by atoms with Crippen molar-refractivity contribution in [2.75, 3.05) is 19.6 Å². The van der Waals surface area contributed by atoms with Gasteiger partial charge >= 0.3 is 6.03 Å². The zero-order valence-electron chi connectivity index (χ0n) is 14.6. The Kier molecular flexibility index (Phi) is 5.80. The van der Waals surface area contributed by atoms with Crippen molar-refractivity contribution >= 4 is 11.9 Å². The third-order valence-electron chi connectivity index (χ3n) is 3.99. The summed E-state index contributed by atoms with van der Waals surface area (Å²) in [6, 6.07) is 5.50. The van der Waals surface area contributed by atoms with Gasteiger partial charge in [-0.25, -0.2) is 9.18 Å². The van der Waals surface area contributed by atoms with Crippen LogP contribution in [-0.4, -0.2) is 42.5 Å². The number of urea groups is 1. The molecule has 2 N–H and O–H groups in total. The number of nitrogens with zero attached hydrogens (tertiary/aromatic N) is 1. The summed E-state index contributed by atoms with van der Waals surface area (Å²) in [5.74, 6) is -0.443. The summed E-state index contributed by atoms with van der Waals surface area (Å²) in [4.78, 5) is 26.0. The van der Waals surface area contributed by atoms with Gasteiger partial charge in [0.15, 0.2) is 0 Å². The molecule has 1 aliphatic heterocycles. The highest BCUT2D eigenvalue weighted by Gasteiger charge is 2.24. The molecule has 0 spiro atoms. The van der Waals surface area contributed by atoms with Crippen LogP contribution < -0.4 is 10.6 Å². The molecule has 1 aromatic rings. The second kappa shape index (κ2) is 7.64. The Morgan fingerprint density at radius 1 is 1.17 bits per heavy atom. The maximum atomic E-state index is 12.9. The molecule has 0 saturated carbocycles. The molecule has 1 fully saturated rings. The number of nitrogens with one attached hydrogen (secondary N) is 2. The smallest absolute Gasteiger partial charge is 0.315 e. The van der Waals surface area contributed by atoms with Gasteiger partial charge in [-0.15, -0.1) is 0 Å². The normalized spacial score (nSPS) is 15.9. The quantitative estimate of drug-likeness (QED) is 0.892. The minimum atomic E-state index is -0.351. The number of amides is 3. The molecule has 0 aromatic heterocycles. The van der Waals surface area contributed by atoms with Crippen LogP contribution in [0.5, 0.6) is 0 Å². The van der Waals surface area contributed by atoms with Gasteiger partial charge in [0.1, 0.15) is 5.82 Å². The van der Waals surface area contributed by atoms with E-state index in [1.165, 1.54) is 24.3 Å². The number of benzene rings is 1. The number of carbonyl (C=O) groups excluding carboxylic acids is 2. The summed E-state index contributed by atoms with van der Waals surface area (Å²) in [5.41, 5.74) is 0.535. The highest BCUT2D eigenvalue weighted by Crippen LogP contribution is 2.15. The molecule has 1 aliphatic rings. The average Bonchev–Trinajstić information content (AvgIpc) is 2.53. The first kappa shape index (κ1) is 18.2. The fourth-order valence-corrected chi connectivity index (χ4v) is 2.58. The summed E-state index contributed by atoms with van der Waals surface area (Å²) in [6.07, 6.45) is 1.44. The summed E-state index contributed by atoms with van der Waals surface area (Å²) in [7, 11) is 0. The molecule has 3 amide bonds. The van der Waals surface area contributed by atoms with Gasteiger partial charge in [-0.05, 0) is 42.5 Å². The van der Waals surface area contributed by atoms with Crippen molar-refractivity contribution in [2.24, 2.45) is 5.41 Å². The summed E-state index contributed by atoms with van der Waals surface area (Å²) < 4.78 is 12.9. The van der Waals surface area contributed by atoms with Gasteiger partial charge in [-0.1, -0.05) is 20.8 Å². The van der Waals surface area contributed by atoms with Gasteiger partial charge in [-0.3, -0.25) is 4.79 Å². The lowest BCUT2D eigenvalue weighted by molar-refractivity contribution is 0.0708. The molecule has 2 rings (SSSR count). The Morgan fingerprint density at radius 3 is 2.29 bits per heavy atom.